The van der Waals surface area contributed by atoms with Gasteiger partial charge in [0.1, 0.15) is 20.3 Å². The van der Waals surface area contributed by atoms with Crippen molar-refractivity contribution in [2.45, 2.75) is 89.1 Å². The molecule has 5 nitrogen and oxygen atoms in total. The molecule has 2 bridgehead atoms. The van der Waals surface area contributed by atoms with E-state index in [0.717, 1.165) is 5.56 Å². The highest BCUT2D eigenvalue weighted by Gasteiger charge is 2.73. The van der Waals surface area contributed by atoms with Crippen LogP contribution in [0.5, 0.6) is 0 Å². The molecule has 3 aliphatic rings. The lowest BCUT2D eigenvalue weighted by Crippen LogP contribution is -2.56. The van der Waals surface area contributed by atoms with Crippen molar-refractivity contribution in [3.8, 4) is 11.5 Å². The minimum atomic E-state index is -2.31. The van der Waals surface area contributed by atoms with Crippen molar-refractivity contribution >= 4 is 22.4 Å². The molecule has 7 heteroatoms. The Morgan fingerprint density at radius 3 is 2.31 bits per heavy atom. The van der Waals surface area contributed by atoms with Gasteiger partial charge in [-0.25, -0.2) is 0 Å². The highest BCUT2D eigenvalue weighted by Crippen LogP contribution is 2.57. The highest BCUT2D eigenvalue weighted by molar-refractivity contribution is 6.83. The van der Waals surface area contributed by atoms with Crippen molar-refractivity contribution < 1.29 is 23.4 Å². The highest BCUT2D eigenvalue weighted by atomic mass is 28.4. The molecule has 0 N–H and O–H groups in total. The van der Waals surface area contributed by atoms with Gasteiger partial charge in [-0.15, -0.1) is 5.54 Å². The molecule has 1 fully saturated rings. The third kappa shape index (κ3) is 4.63. The Balaban J connectivity index is 1.79. The normalized spacial score (nSPS) is 32.0. The van der Waals surface area contributed by atoms with Gasteiger partial charge in [-0.3, -0.25) is 4.79 Å². The summed E-state index contributed by atoms with van der Waals surface area (Å²) in [4.78, 5) is 13.5. The lowest BCUT2D eigenvalue weighted by molar-refractivity contribution is -0.150. The van der Waals surface area contributed by atoms with E-state index in [0.29, 0.717) is 6.61 Å². The summed E-state index contributed by atoms with van der Waals surface area (Å²) in [5.41, 5.74) is 2.20. The van der Waals surface area contributed by atoms with Crippen LogP contribution in [0.2, 0.25) is 37.8 Å². The maximum Gasteiger partial charge on any atom is 0.328 e. The molecular formula is C28H38O5Si2. The summed E-state index contributed by atoms with van der Waals surface area (Å²) in [6, 6.07) is 10.1. The predicted octanol–water partition coefficient (Wildman–Crippen LogP) is 5.61. The number of cyclic esters (lactones) is 1. The third-order valence-electron chi connectivity index (χ3n) is 7.51. The van der Waals surface area contributed by atoms with E-state index in [4.69, 9.17) is 18.6 Å². The Bertz CT molecular complexity index is 1090. The van der Waals surface area contributed by atoms with Crippen molar-refractivity contribution in [2.24, 2.45) is 5.41 Å². The number of esters is 1. The number of hydrogen-bond acceptors (Lipinski definition) is 5. The van der Waals surface area contributed by atoms with E-state index in [1.165, 1.54) is 6.26 Å². The van der Waals surface area contributed by atoms with E-state index < -0.39 is 39.6 Å². The first-order valence-electron chi connectivity index (χ1n) is 12.3. The van der Waals surface area contributed by atoms with Gasteiger partial charge < -0.3 is 18.6 Å². The SMILES string of the molecule is CC(C)(C)[Si](C)(C)O[C@@H]1[C@H]2O[C@](C#C[Si](C)(C)C)(C=C[C@@H]2OCc2ccccc2)[C@]12C=COC2=O. The second-order valence-electron chi connectivity index (χ2n) is 12.3. The van der Waals surface area contributed by atoms with Crippen LogP contribution < -0.4 is 0 Å². The van der Waals surface area contributed by atoms with Crippen molar-refractivity contribution in [3.63, 3.8) is 0 Å². The summed E-state index contributed by atoms with van der Waals surface area (Å²) in [7, 11) is -4.07. The van der Waals surface area contributed by atoms with Crippen LogP contribution in [0.25, 0.3) is 0 Å². The van der Waals surface area contributed by atoms with E-state index >= 15 is 0 Å². The number of hydrogen-bond donors (Lipinski definition) is 0. The van der Waals surface area contributed by atoms with Gasteiger partial charge in [0.15, 0.2) is 19.3 Å². The molecule has 4 rings (SSSR count). The van der Waals surface area contributed by atoms with Crippen LogP contribution in [0.1, 0.15) is 26.3 Å². The molecule has 1 aromatic rings. The standard InChI is InChI=1S/C28H38O5Si2/c1-26(2,3)35(7,8)33-24-23-22(31-20-21-12-10-9-11-13-21)14-15-27(32-23,17-19-34(4,5)6)28(24)16-18-30-25(28)29/h9-16,18,22-24H,20H2,1-8H3/t22-,23-,24+,27-,28+/m0/s1. The van der Waals surface area contributed by atoms with E-state index in [9.17, 15) is 4.79 Å². The van der Waals surface area contributed by atoms with Crippen LogP contribution in [0.4, 0.5) is 0 Å². The smallest absolute Gasteiger partial charge is 0.328 e. The summed E-state index contributed by atoms with van der Waals surface area (Å²) in [5.74, 6) is 3.04. The number of carbonyl (C=O) groups is 1. The maximum atomic E-state index is 13.5. The lowest BCUT2D eigenvalue weighted by atomic mass is 9.70. The quantitative estimate of drug-likeness (QED) is 0.223. The Morgan fingerprint density at radius 1 is 1.06 bits per heavy atom. The van der Waals surface area contributed by atoms with Crippen LogP contribution >= 0.6 is 0 Å². The fourth-order valence-electron chi connectivity index (χ4n) is 4.48. The molecule has 1 aromatic carbocycles. The third-order valence-corrected chi connectivity index (χ3v) is 12.8. The van der Waals surface area contributed by atoms with Gasteiger partial charge in [0.25, 0.3) is 0 Å². The van der Waals surface area contributed by atoms with Gasteiger partial charge in [-0.2, -0.15) is 0 Å². The first kappa shape index (κ1) is 26.1. The van der Waals surface area contributed by atoms with Crippen LogP contribution in [0, 0.1) is 16.9 Å². The zero-order chi connectivity index (χ0) is 25.7. The Hall–Kier alpha value is -1.96. The zero-order valence-electron chi connectivity index (χ0n) is 22.2. The molecule has 1 spiro atoms. The van der Waals surface area contributed by atoms with E-state index in [1.807, 2.05) is 48.6 Å². The molecule has 0 unspecified atom stereocenters. The molecule has 0 radical (unpaired) electrons. The zero-order valence-corrected chi connectivity index (χ0v) is 24.2. The minimum Gasteiger partial charge on any atom is -0.434 e. The molecule has 0 saturated carbocycles. The summed E-state index contributed by atoms with van der Waals surface area (Å²) < 4.78 is 25.6. The molecule has 0 amide bonds. The monoisotopic (exact) mass is 510 g/mol. The molecule has 0 aliphatic carbocycles. The average molecular weight is 511 g/mol. The fraction of sp³-hybridized carbons (Fsp3) is 0.536. The molecular weight excluding hydrogens is 472 g/mol. The Labute approximate surface area is 212 Å². The van der Waals surface area contributed by atoms with Crippen molar-refractivity contribution in [1.29, 1.82) is 0 Å². The van der Waals surface area contributed by atoms with Crippen molar-refractivity contribution in [2.75, 3.05) is 0 Å². The van der Waals surface area contributed by atoms with E-state index in [-0.39, 0.29) is 17.1 Å². The fourth-order valence-corrected chi connectivity index (χ4v) is 6.35. The molecule has 3 heterocycles. The van der Waals surface area contributed by atoms with Crippen LogP contribution in [-0.4, -0.2) is 46.3 Å². The van der Waals surface area contributed by atoms with Gasteiger partial charge in [0.05, 0.1) is 19.0 Å². The Morgan fingerprint density at radius 2 is 1.74 bits per heavy atom. The van der Waals surface area contributed by atoms with Gasteiger partial charge in [-0.1, -0.05) is 82.7 Å². The van der Waals surface area contributed by atoms with Crippen LogP contribution in [0.3, 0.4) is 0 Å². The van der Waals surface area contributed by atoms with E-state index in [2.05, 4.69) is 65.0 Å². The van der Waals surface area contributed by atoms with Crippen LogP contribution in [-0.2, 0) is 30.0 Å². The van der Waals surface area contributed by atoms with Gasteiger partial charge >= 0.3 is 5.97 Å². The second kappa shape index (κ2) is 8.86. The van der Waals surface area contributed by atoms with Crippen LogP contribution in [0.15, 0.2) is 54.8 Å². The number of rotatable bonds is 5. The van der Waals surface area contributed by atoms with Gasteiger partial charge in [-0.05, 0) is 35.8 Å². The van der Waals surface area contributed by atoms with Crippen molar-refractivity contribution in [1.82, 2.24) is 0 Å². The molecule has 5 atom stereocenters. The summed E-state index contributed by atoms with van der Waals surface area (Å²) in [6.45, 7) is 17.9. The van der Waals surface area contributed by atoms with Gasteiger partial charge in [0, 0.05) is 0 Å². The number of benzene rings is 1. The lowest BCUT2D eigenvalue weighted by Gasteiger charge is -2.43. The second-order valence-corrected chi connectivity index (χ2v) is 21.8. The molecule has 0 aromatic heterocycles. The first-order valence-corrected chi connectivity index (χ1v) is 18.8. The summed E-state index contributed by atoms with van der Waals surface area (Å²) in [6.07, 6.45) is 5.75. The first-order chi connectivity index (χ1) is 16.2. The average Bonchev–Trinajstić information content (AvgIpc) is 3.25. The molecule has 3 aliphatic heterocycles. The number of ether oxygens (including phenoxy) is 3. The number of carbonyl (C=O) groups excluding carboxylic acids is 1. The number of fused-ring (bicyclic) bond motifs is 3. The molecule has 188 valence electrons. The molecule has 35 heavy (non-hydrogen) atoms. The molecule has 1 saturated heterocycles. The largest absolute Gasteiger partial charge is 0.434 e. The maximum absolute atomic E-state index is 13.5. The summed E-state index contributed by atoms with van der Waals surface area (Å²) in [5, 5.41) is -0.0535. The van der Waals surface area contributed by atoms with Crippen molar-refractivity contribution in [3.05, 3.63) is 60.4 Å². The Kier molecular flexibility index (Phi) is 6.61. The summed E-state index contributed by atoms with van der Waals surface area (Å²) >= 11 is 0. The topological polar surface area (TPSA) is 54.0 Å². The van der Waals surface area contributed by atoms with Gasteiger partial charge in [0.2, 0.25) is 0 Å². The van der Waals surface area contributed by atoms with E-state index in [1.54, 1.807) is 0 Å². The minimum absolute atomic E-state index is 0.0535. The predicted molar refractivity (Wildman–Crippen MR) is 143 cm³/mol.